The van der Waals surface area contributed by atoms with Crippen molar-refractivity contribution in [3.8, 4) is 0 Å². The van der Waals surface area contributed by atoms with Crippen molar-refractivity contribution in [2.24, 2.45) is 45.7 Å². The molecule has 9 amide bonds. The molecule has 0 aliphatic rings. The van der Waals surface area contributed by atoms with Gasteiger partial charge in [-0.2, -0.15) is 0 Å². The third kappa shape index (κ3) is 28.5. The molecule has 23 N–H and O–H groups in total. The number of carbonyl (C=O) groups excluding carboxylic acids is 9. The maximum Gasteiger partial charge on any atom is 0.328 e. The molecule has 0 aliphatic heterocycles. The van der Waals surface area contributed by atoms with E-state index in [0.717, 1.165) is 6.92 Å². The number of hydrogen-bond acceptors (Lipinski definition) is 18. The number of carboxylic acids is 3. The first-order chi connectivity index (χ1) is 37.3. The van der Waals surface area contributed by atoms with Gasteiger partial charge < -0.3 is 101 Å². The van der Waals surface area contributed by atoms with E-state index in [-0.39, 0.29) is 62.9 Å². The number of amides is 9. The number of carboxylic acid groups (broad SMARTS) is 3. The highest BCUT2D eigenvalue weighted by Crippen LogP contribution is 2.13. The second kappa shape index (κ2) is 37.6. The van der Waals surface area contributed by atoms with Gasteiger partial charge in [0.15, 0.2) is 5.96 Å². The van der Waals surface area contributed by atoms with Crippen LogP contribution < -0.4 is 70.8 Å². The zero-order chi connectivity index (χ0) is 61.6. The van der Waals surface area contributed by atoms with E-state index in [4.69, 9.17) is 22.9 Å². The Bertz CT molecular complexity index is 2130. The summed E-state index contributed by atoms with van der Waals surface area (Å²) in [4.78, 5) is 161. The van der Waals surface area contributed by atoms with Crippen LogP contribution >= 0.6 is 0 Å². The SMILES string of the molecule is CC(C)C[C@H](NC(=O)[C@H](CO)NC(=O)[C@@H](NC(=O)[C@@H](NC(=O)[C@H](CC(C)C)NC(=O)[C@H](CCC(=O)O)NC(=O)[C@@H](N)CCCCN)C(C)C)[C@@H](C)O)C(=O)N[C@@H](CCCN=C(N)N)C(=O)N[C@@H](CC(=O)O)C(=O)N[C@@H](CO)C(=O)O. The minimum Gasteiger partial charge on any atom is -0.481 e. The average molecular weight is 1150 g/mol. The second-order valence-corrected chi connectivity index (χ2v) is 20.2. The van der Waals surface area contributed by atoms with Crippen LogP contribution in [0.1, 0.15) is 113 Å². The third-order valence-corrected chi connectivity index (χ3v) is 11.8. The third-order valence-electron chi connectivity index (χ3n) is 11.8. The number of nitrogens with zero attached hydrogens (tertiary/aromatic N) is 1. The molecule has 0 unspecified atom stereocenters. The fourth-order valence-corrected chi connectivity index (χ4v) is 7.46. The van der Waals surface area contributed by atoms with Gasteiger partial charge in [-0.05, 0) is 76.2 Å². The smallest absolute Gasteiger partial charge is 0.328 e. The van der Waals surface area contributed by atoms with E-state index in [0.29, 0.717) is 19.4 Å². The lowest BCUT2D eigenvalue weighted by atomic mass is 9.98. The van der Waals surface area contributed by atoms with Crippen molar-refractivity contribution < 1.29 is 88.2 Å². The van der Waals surface area contributed by atoms with Gasteiger partial charge >= 0.3 is 17.9 Å². The van der Waals surface area contributed by atoms with E-state index in [1.165, 1.54) is 13.8 Å². The number of hydrogen-bond donors (Lipinski definition) is 19. The molecule has 0 aromatic carbocycles. The molecular formula is C48H86N14O18. The molecule has 0 saturated carbocycles. The van der Waals surface area contributed by atoms with Gasteiger partial charge in [-0.15, -0.1) is 0 Å². The van der Waals surface area contributed by atoms with E-state index in [1.54, 1.807) is 27.7 Å². The Balaban J connectivity index is 6.57. The molecular weight excluding hydrogens is 1060 g/mol. The molecule has 0 radical (unpaired) electrons. The number of rotatable bonds is 40. The summed E-state index contributed by atoms with van der Waals surface area (Å²) in [6.07, 6.45) is -2.80. The Morgan fingerprint density at radius 3 is 1.32 bits per heavy atom. The molecule has 11 atom stereocenters. The van der Waals surface area contributed by atoms with Crippen LogP contribution in [0.3, 0.4) is 0 Å². The van der Waals surface area contributed by atoms with Crippen LogP contribution in [-0.4, -0.2) is 200 Å². The van der Waals surface area contributed by atoms with Crippen LogP contribution in [0.4, 0.5) is 0 Å². The average Bonchev–Trinajstić information content (AvgIpc) is 3.35. The highest BCUT2D eigenvalue weighted by molar-refractivity contribution is 5.99. The molecule has 0 spiro atoms. The number of aliphatic imine (C=N–C) groups is 1. The van der Waals surface area contributed by atoms with Gasteiger partial charge in [0, 0.05) is 13.0 Å². The zero-order valence-electron chi connectivity index (χ0n) is 46.3. The van der Waals surface area contributed by atoms with Gasteiger partial charge in [0.25, 0.3) is 0 Å². The van der Waals surface area contributed by atoms with Crippen LogP contribution in [0.5, 0.6) is 0 Å². The van der Waals surface area contributed by atoms with E-state index < -0.39 is 170 Å². The standard InChI is InChI=1S/C48H86N14O18/c1-22(2)17-29(41(73)55-27(12-10-16-53-48(51)52)39(71)58-31(19-35(68)69)42(74)60-33(21-64)47(79)80)57-44(76)32(20-63)59-46(78)37(25(7)65)62-45(77)36(24(5)6)61-43(75)30(18-23(3)4)56-40(72)28(13-14-34(66)67)54-38(70)26(50)11-8-9-15-49/h22-33,36-37,63-65H,8-21,49-50H2,1-7H3,(H,54,70)(H,55,73)(H,56,72)(H,57,76)(H,58,71)(H,59,78)(H,60,74)(H,61,75)(H,62,77)(H,66,67)(H,68,69)(H,79,80)(H4,51,52,53)/t25-,26+,27+,28+,29+,30+,31+,32+,33+,36+,37+/m1/s1. The molecule has 32 nitrogen and oxygen atoms in total. The Hall–Kier alpha value is -7.29. The van der Waals surface area contributed by atoms with Crippen LogP contribution in [-0.2, 0) is 57.5 Å². The molecule has 0 saturated heterocycles. The minimum atomic E-state index is -1.93. The predicted octanol–water partition coefficient (Wildman–Crippen LogP) is -6.60. The molecule has 0 aromatic rings. The molecule has 0 heterocycles. The number of aliphatic hydroxyl groups is 3. The summed E-state index contributed by atoms with van der Waals surface area (Å²) in [5.74, 6) is -15.7. The van der Waals surface area contributed by atoms with Crippen molar-refractivity contribution in [3.05, 3.63) is 0 Å². The summed E-state index contributed by atoms with van der Waals surface area (Å²) in [6, 6.07) is -16.0. The molecule has 0 aliphatic carbocycles. The number of unbranched alkanes of at least 4 members (excludes halogenated alkanes) is 1. The lowest BCUT2D eigenvalue weighted by Crippen LogP contribution is -2.63. The van der Waals surface area contributed by atoms with Crippen LogP contribution in [0.2, 0.25) is 0 Å². The van der Waals surface area contributed by atoms with Gasteiger partial charge in [0.2, 0.25) is 53.2 Å². The zero-order valence-corrected chi connectivity index (χ0v) is 46.3. The van der Waals surface area contributed by atoms with Crippen molar-refractivity contribution in [1.82, 2.24) is 47.9 Å². The van der Waals surface area contributed by atoms with Gasteiger partial charge in [0.1, 0.15) is 54.4 Å². The minimum absolute atomic E-state index is 0.00712. The first kappa shape index (κ1) is 72.7. The number of aliphatic carboxylic acids is 3. The number of aliphatic hydroxyl groups excluding tert-OH is 3. The number of nitrogens with two attached hydrogens (primary N) is 4. The normalized spacial score (nSPS) is 15.3. The maximum atomic E-state index is 13.9. The van der Waals surface area contributed by atoms with Crippen molar-refractivity contribution in [3.63, 3.8) is 0 Å². The fourth-order valence-electron chi connectivity index (χ4n) is 7.46. The van der Waals surface area contributed by atoms with Gasteiger partial charge in [-0.3, -0.25) is 57.7 Å². The Kier molecular flexibility index (Phi) is 34.1. The summed E-state index contributed by atoms with van der Waals surface area (Å²) in [5, 5.41) is 79.3. The summed E-state index contributed by atoms with van der Waals surface area (Å²) in [6.45, 7) is 8.97. The van der Waals surface area contributed by atoms with Crippen molar-refractivity contribution >= 4 is 77.0 Å². The van der Waals surface area contributed by atoms with E-state index >= 15 is 0 Å². The maximum absolute atomic E-state index is 13.9. The summed E-state index contributed by atoms with van der Waals surface area (Å²) in [7, 11) is 0. The van der Waals surface area contributed by atoms with Gasteiger partial charge in [-0.25, -0.2) is 4.79 Å². The van der Waals surface area contributed by atoms with Crippen LogP contribution in [0.15, 0.2) is 4.99 Å². The second-order valence-electron chi connectivity index (χ2n) is 20.2. The Labute approximate surface area is 463 Å². The summed E-state index contributed by atoms with van der Waals surface area (Å²) in [5.41, 5.74) is 22.3. The lowest BCUT2D eigenvalue weighted by molar-refractivity contribution is -0.144. The Morgan fingerprint density at radius 2 is 0.875 bits per heavy atom. The van der Waals surface area contributed by atoms with Crippen molar-refractivity contribution in [1.29, 1.82) is 0 Å². The van der Waals surface area contributed by atoms with Crippen LogP contribution in [0.25, 0.3) is 0 Å². The highest BCUT2D eigenvalue weighted by atomic mass is 16.4. The fraction of sp³-hybridized carbons (Fsp3) is 0.729. The topological polar surface area (TPSA) is 551 Å². The van der Waals surface area contributed by atoms with E-state index in [2.05, 4.69) is 47.5 Å². The van der Waals surface area contributed by atoms with Gasteiger partial charge in [0.05, 0.1) is 31.8 Å². The monoisotopic (exact) mass is 1150 g/mol. The highest BCUT2D eigenvalue weighted by Gasteiger charge is 2.38. The van der Waals surface area contributed by atoms with Crippen LogP contribution in [0, 0.1) is 17.8 Å². The number of guanidine groups is 1. The molecule has 0 fully saturated rings. The predicted molar refractivity (Wildman–Crippen MR) is 285 cm³/mol. The summed E-state index contributed by atoms with van der Waals surface area (Å²) >= 11 is 0. The first-order valence-corrected chi connectivity index (χ1v) is 26.1. The molecule has 80 heavy (non-hydrogen) atoms. The largest absolute Gasteiger partial charge is 0.481 e. The quantitative estimate of drug-likeness (QED) is 0.0154. The molecule has 456 valence electrons. The Morgan fingerprint density at radius 1 is 0.463 bits per heavy atom. The molecule has 0 aromatic heterocycles. The number of nitrogens with one attached hydrogen (secondary N) is 9. The van der Waals surface area contributed by atoms with Crippen molar-refractivity contribution in [2.45, 2.75) is 179 Å². The first-order valence-electron chi connectivity index (χ1n) is 26.1. The lowest BCUT2D eigenvalue weighted by Gasteiger charge is -2.30. The number of carbonyl (C=O) groups is 12. The molecule has 0 rings (SSSR count). The van der Waals surface area contributed by atoms with Gasteiger partial charge in [-0.1, -0.05) is 48.0 Å². The van der Waals surface area contributed by atoms with E-state index in [1.807, 2.05) is 5.32 Å². The van der Waals surface area contributed by atoms with E-state index in [9.17, 15) is 88.2 Å². The molecule has 0 bridgehead atoms. The van der Waals surface area contributed by atoms with Crippen molar-refractivity contribution in [2.75, 3.05) is 26.3 Å². The summed E-state index contributed by atoms with van der Waals surface area (Å²) < 4.78 is 0. The molecule has 32 heteroatoms.